The van der Waals surface area contributed by atoms with Crippen molar-refractivity contribution in [2.24, 2.45) is 11.5 Å². The minimum atomic E-state index is -1.58. The minimum Gasteiger partial charge on any atom is -0.530 e. The van der Waals surface area contributed by atoms with Crippen molar-refractivity contribution in [3.8, 4) is 0 Å². The van der Waals surface area contributed by atoms with Crippen molar-refractivity contribution < 1.29 is 39.3 Å². The van der Waals surface area contributed by atoms with Crippen molar-refractivity contribution in [2.45, 2.75) is 97.4 Å². The summed E-state index contributed by atoms with van der Waals surface area (Å²) < 4.78 is 1.15. The Kier molecular flexibility index (Phi) is 73.8. The van der Waals surface area contributed by atoms with Gasteiger partial charge in [0.2, 0.25) is 0 Å². The fraction of sp³-hybridized carbons (Fsp3) is 0.889. The molecule has 33 heavy (non-hydrogen) atoms. The van der Waals surface area contributed by atoms with Gasteiger partial charge in [-0.1, -0.05) is 53.4 Å². The Morgan fingerprint density at radius 3 is 0.636 bits per heavy atom. The van der Waals surface area contributed by atoms with E-state index < -0.39 is 12.2 Å². The number of hydrogen-bond acceptors (Lipinski definition) is 12. The molecule has 0 bridgehead atoms. The molecule has 15 heteroatoms. The van der Waals surface area contributed by atoms with Gasteiger partial charge < -0.3 is 31.3 Å². The molecule has 0 rings (SSSR count). The van der Waals surface area contributed by atoms with Crippen LogP contribution in [-0.4, -0.2) is 30.5 Å². The molecule has 6 nitrogen and oxygen atoms in total. The molecular weight excluding hydrogens is 630 g/mol. The molecule has 0 aromatic carbocycles. The molecule has 0 unspecified atom stereocenters. The molecule has 0 fully saturated rings. The van der Waals surface area contributed by atoms with Crippen LogP contribution < -0.4 is 21.7 Å². The van der Waals surface area contributed by atoms with Gasteiger partial charge in [-0.2, -0.15) is 101 Å². The molecule has 0 aromatic rings. The average molecular weight is 674 g/mol. The van der Waals surface area contributed by atoms with Crippen molar-refractivity contribution in [2.75, 3.05) is 0 Å². The van der Waals surface area contributed by atoms with Crippen LogP contribution >= 0.6 is 101 Å². The number of carboxylic acid groups (broad SMARTS) is 2. The molecule has 0 aliphatic heterocycles. The zero-order chi connectivity index (χ0) is 27.1. The van der Waals surface area contributed by atoms with E-state index in [1.807, 2.05) is 0 Å². The zero-order valence-corrected chi connectivity index (χ0v) is 30.2. The zero-order valence-electron chi connectivity index (χ0n) is 20.0. The van der Waals surface area contributed by atoms with E-state index in [2.05, 4.69) is 140 Å². The van der Waals surface area contributed by atoms with E-state index in [-0.39, 0.29) is 37.8 Å². The topological polar surface area (TPSA) is 132 Å². The number of hydrogen-bond donors (Lipinski definition) is 10. The molecule has 2 amide bonds. The number of carbonyl (C=O) groups excluding carboxylic acids is 2. The Bertz CT molecular complexity index is 301. The van der Waals surface area contributed by atoms with Gasteiger partial charge in [0.05, 0.1) is 0 Å². The van der Waals surface area contributed by atoms with Gasteiger partial charge in [0.25, 0.3) is 0 Å². The van der Waals surface area contributed by atoms with Gasteiger partial charge in [-0.3, -0.25) is 0 Å². The van der Waals surface area contributed by atoms with E-state index in [0.29, 0.717) is 0 Å². The number of thiol groups is 8. The summed E-state index contributed by atoms with van der Waals surface area (Å²) in [5.74, 6) is 0. The van der Waals surface area contributed by atoms with Crippen molar-refractivity contribution in [3.05, 3.63) is 0 Å². The summed E-state index contributed by atoms with van der Waals surface area (Å²) in [7, 11) is 0. The van der Waals surface area contributed by atoms with Crippen LogP contribution in [0.1, 0.15) is 79.1 Å². The van der Waals surface area contributed by atoms with E-state index in [1.165, 1.54) is 25.7 Å². The quantitative estimate of drug-likeness (QED) is 0.106. The first-order valence-corrected chi connectivity index (χ1v) is 14.1. The van der Waals surface area contributed by atoms with E-state index in [1.54, 1.807) is 0 Å². The third-order valence-electron chi connectivity index (χ3n) is 2.19. The minimum absolute atomic E-state index is 0. The molecule has 0 atom stereocenters. The number of rotatable bonds is 8. The molecule has 0 spiro atoms. The van der Waals surface area contributed by atoms with Crippen LogP contribution in [0.4, 0.5) is 9.59 Å². The summed E-state index contributed by atoms with van der Waals surface area (Å²) >= 11 is 32.3. The third-order valence-corrected chi connectivity index (χ3v) is 4.25. The van der Waals surface area contributed by atoms with Crippen LogP contribution in [0.5, 0.6) is 0 Å². The van der Waals surface area contributed by atoms with Crippen molar-refractivity contribution in [1.82, 2.24) is 0 Å². The van der Waals surface area contributed by atoms with Crippen molar-refractivity contribution in [3.63, 3.8) is 0 Å². The molecule has 0 aliphatic carbocycles. The van der Waals surface area contributed by atoms with Crippen LogP contribution in [0.25, 0.3) is 0 Å². The Labute approximate surface area is 259 Å². The predicted octanol–water partition coefficient (Wildman–Crippen LogP) is 4.46. The Balaban J connectivity index is -0.0000000493. The molecule has 0 aliphatic rings. The van der Waals surface area contributed by atoms with Gasteiger partial charge in [0.15, 0.2) is 0 Å². The van der Waals surface area contributed by atoms with E-state index >= 15 is 0 Å². The summed E-state index contributed by atoms with van der Waals surface area (Å²) in [6, 6.07) is 0. The first-order valence-electron chi connectivity index (χ1n) is 9.92. The summed E-state index contributed by atoms with van der Waals surface area (Å²) in [6.45, 7) is 8.50. The molecule has 0 saturated carbocycles. The summed E-state index contributed by atoms with van der Waals surface area (Å²) in [6.07, 6.45) is 5.96. The molecule has 0 heterocycles. The number of carbonyl (C=O) groups is 2. The van der Waals surface area contributed by atoms with Crippen LogP contribution in [0.15, 0.2) is 0 Å². The van der Waals surface area contributed by atoms with Crippen molar-refractivity contribution in [1.29, 1.82) is 0 Å². The fourth-order valence-electron chi connectivity index (χ4n) is 1.03. The van der Waals surface area contributed by atoms with Crippen LogP contribution in [0.3, 0.4) is 0 Å². The molecule has 0 aromatic heterocycles. The summed E-state index contributed by atoms with van der Waals surface area (Å²) in [4.78, 5) is 17.3. The monoisotopic (exact) mass is 672 g/mol. The molecule has 4 N–H and O–H groups in total. The molecular formula is C18H44N2O4S8Zn. The van der Waals surface area contributed by atoms with Gasteiger partial charge in [0, 0.05) is 18.3 Å². The van der Waals surface area contributed by atoms with Gasteiger partial charge in [-0.15, -0.1) is 0 Å². The smallest absolute Gasteiger partial charge is 0.530 e. The van der Waals surface area contributed by atoms with E-state index in [9.17, 15) is 0 Å². The van der Waals surface area contributed by atoms with Crippen LogP contribution in [0.2, 0.25) is 0 Å². The second kappa shape index (κ2) is 47.2. The number of nitrogens with two attached hydrogens (primary N) is 2. The van der Waals surface area contributed by atoms with Gasteiger partial charge in [-0.05, 0) is 25.7 Å². The molecule has 0 saturated heterocycles. The number of primary amides is 2. The molecule has 200 valence electrons. The van der Waals surface area contributed by atoms with E-state index in [4.69, 9.17) is 19.8 Å². The second-order valence-electron chi connectivity index (χ2n) is 5.72. The molecule has 0 radical (unpaired) electrons. The van der Waals surface area contributed by atoms with Crippen LogP contribution in [0, 0.1) is 0 Å². The second-order valence-corrected chi connectivity index (χ2v) is 12.3. The largest absolute Gasteiger partial charge is 2.00 e. The summed E-state index contributed by atoms with van der Waals surface area (Å²) in [5.41, 5.74) is 7.83. The normalized spacial score (nSPS) is 8.73. The Hall–Kier alpha value is 1.96. The first-order chi connectivity index (χ1) is 14.5. The standard InChI is InChI=1S/4C4H10S2.2CH3NO2.Zn/c4*1-2-3-4(5)6;2*2-1(3)4;/h4*4-6H,2-3H2,1H3;2*2H2,(H,3,4);/q;;;;;;+2/p-2. The predicted molar refractivity (Wildman–Crippen MR) is 166 cm³/mol. The third kappa shape index (κ3) is 178. The average Bonchev–Trinajstić information content (AvgIpc) is 2.54. The maximum atomic E-state index is 8.67. The fourth-order valence-corrected chi connectivity index (χ4v) is 3.10. The maximum absolute atomic E-state index is 8.67. The van der Waals surface area contributed by atoms with Gasteiger partial charge in [-0.25, -0.2) is 0 Å². The Morgan fingerprint density at radius 1 is 0.545 bits per heavy atom. The first kappa shape index (κ1) is 51.6. The Morgan fingerprint density at radius 2 is 0.636 bits per heavy atom. The summed E-state index contributed by atoms with van der Waals surface area (Å²) in [5, 5.41) is 17.3. The van der Waals surface area contributed by atoms with Crippen LogP contribution in [-0.2, 0) is 19.5 Å². The maximum Gasteiger partial charge on any atom is 2.00 e. The van der Waals surface area contributed by atoms with E-state index in [0.717, 1.165) is 25.7 Å². The van der Waals surface area contributed by atoms with Gasteiger partial charge >= 0.3 is 19.5 Å². The number of amides is 2. The SMILES string of the molecule is CCCC(S)S.CCCC(S)S.CCCC(S)S.CCCC(S)S.NC(=O)[O-].NC(=O)[O-].[Zn+2]. The van der Waals surface area contributed by atoms with Crippen molar-refractivity contribution >= 4 is 113 Å². The van der Waals surface area contributed by atoms with Gasteiger partial charge in [0.1, 0.15) is 12.2 Å².